The molecule has 2 aromatic carbocycles. The van der Waals surface area contributed by atoms with Crippen LogP contribution < -0.4 is 0 Å². The Morgan fingerprint density at radius 1 is 1.07 bits per heavy atom. The van der Waals surface area contributed by atoms with E-state index in [4.69, 9.17) is 0 Å². The number of carbonyl (C=O) groups excluding carboxylic acids is 1. The van der Waals surface area contributed by atoms with Crippen LogP contribution in [0.5, 0.6) is 0 Å². The third kappa shape index (κ3) is 2.41. The quantitative estimate of drug-likeness (QED) is 0.680. The van der Waals surface area contributed by atoms with Crippen LogP contribution in [0.25, 0.3) is 22.3 Å². The van der Waals surface area contributed by atoms with E-state index < -0.39 is 23.3 Å². The molecule has 1 aliphatic carbocycles. The summed E-state index contributed by atoms with van der Waals surface area (Å²) in [6.45, 7) is 0. The van der Waals surface area contributed by atoms with Crippen molar-refractivity contribution in [2.24, 2.45) is 0 Å². The summed E-state index contributed by atoms with van der Waals surface area (Å²) in [6, 6.07) is 8.19. The molecule has 1 N–H and O–H groups in total. The molecular formula is C20H13F3N2O3. The first-order valence-electron chi connectivity index (χ1n) is 8.20. The van der Waals surface area contributed by atoms with E-state index in [0.29, 0.717) is 11.1 Å². The average Bonchev–Trinajstić information content (AvgIpc) is 2.97. The molecule has 1 unspecified atom stereocenters. The third-order valence-electron chi connectivity index (χ3n) is 4.82. The highest BCUT2D eigenvalue weighted by atomic mass is 19.4. The Balaban J connectivity index is 2.15. The Kier molecular flexibility index (Phi) is 3.97. The number of aliphatic hydroxyl groups is 1. The lowest BCUT2D eigenvalue weighted by atomic mass is 9.88. The van der Waals surface area contributed by atoms with Gasteiger partial charge in [0.1, 0.15) is 6.33 Å². The minimum absolute atomic E-state index is 0.115. The van der Waals surface area contributed by atoms with Crippen LogP contribution in [0.3, 0.4) is 0 Å². The van der Waals surface area contributed by atoms with Gasteiger partial charge in [-0.3, -0.25) is 0 Å². The van der Waals surface area contributed by atoms with Crippen molar-refractivity contribution >= 4 is 5.97 Å². The fourth-order valence-electron chi connectivity index (χ4n) is 3.59. The average molecular weight is 386 g/mol. The van der Waals surface area contributed by atoms with Gasteiger partial charge in [0.05, 0.1) is 12.7 Å². The number of ether oxygens (including phenoxy) is 1. The van der Waals surface area contributed by atoms with Crippen LogP contribution in [0.1, 0.15) is 21.5 Å². The molecule has 0 saturated carbocycles. The van der Waals surface area contributed by atoms with Crippen molar-refractivity contribution in [3.8, 4) is 22.3 Å². The third-order valence-corrected chi connectivity index (χ3v) is 4.82. The second kappa shape index (κ2) is 6.13. The van der Waals surface area contributed by atoms with Gasteiger partial charge in [-0.05, 0) is 28.8 Å². The molecule has 0 amide bonds. The van der Waals surface area contributed by atoms with Crippen LogP contribution in [0, 0.1) is 0 Å². The normalized spacial score (nSPS) is 17.8. The first-order chi connectivity index (χ1) is 13.3. The fraction of sp³-hybridized carbons (Fsp3) is 0.150. The lowest BCUT2D eigenvalue weighted by molar-refractivity contribution is -0.246. The molecule has 0 aliphatic heterocycles. The maximum absolute atomic E-state index is 14.1. The van der Waals surface area contributed by atoms with E-state index in [1.165, 1.54) is 43.0 Å². The Morgan fingerprint density at radius 3 is 2.39 bits per heavy atom. The first kappa shape index (κ1) is 18.1. The maximum atomic E-state index is 14.1. The number of methoxy groups -OCH3 is 1. The molecule has 1 aliphatic rings. The number of benzene rings is 2. The van der Waals surface area contributed by atoms with E-state index >= 15 is 0 Å². The van der Waals surface area contributed by atoms with Gasteiger partial charge in [-0.2, -0.15) is 13.2 Å². The molecule has 4 rings (SSSR count). The van der Waals surface area contributed by atoms with Gasteiger partial charge in [0.15, 0.2) is 0 Å². The number of hydrogen-bond donors (Lipinski definition) is 1. The zero-order chi connectivity index (χ0) is 20.1. The zero-order valence-electron chi connectivity index (χ0n) is 14.5. The fourth-order valence-corrected chi connectivity index (χ4v) is 3.59. The van der Waals surface area contributed by atoms with E-state index in [0.717, 1.165) is 13.2 Å². The summed E-state index contributed by atoms with van der Waals surface area (Å²) < 4.78 is 46.9. The van der Waals surface area contributed by atoms with Crippen LogP contribution in [0.4, 0.5) is 13.2 Å². The molecule has 1 heterocycles. The molecule has 1 aromatic heterocycles. The molecular weight excluding hydrogens is 373 g/mol. The van der Waals surface area contributed by atoms with E-state index in [-0.39, 0.29) is 22.3 Å². The smallest absolute Gasteiger partial charge is 0.425 e. The second-order valence-corrected chi connectivity index (χ2v) is 6.32. The first-order valence-corrected chi connectivity index (χ1v) is 8.20. The summed E-state index contributed by atoms with van der Waals surface area (Å²) in [5.74, 6) is -0.818. The Bertz CT molecular complexity index is 1080. The van der Waals surface area contributed by atoms with Crippen LogP contribution in [0.15, 0.2) is 55.1 Å². The molecule has 142 valence electrons. The summed E-state index contributed by atoms with van der Waals surface area (Å²) in [4.78, 5) is 19.9. The molecule has 1 atom stereocenters. The number of esters is 1. The van der Waals surface area contributed by atoms with Crippen molar-refractivity contribution in [3.63, 3.8) is 0 Å². The van der Waals surface area contributed by atoms with Gasteiger partial charge in [-0.25, -0.2) is 14.8 Å². The van der Waals surface area contributed by atoms with Crippen LogP contribution >= 0.6 is 0 Å². The van der Waals surface area contributed by atoms with Crippen molar-refractivity contribution < 1.29 is 27.8 Å². The van der Waals surface area contributed by atoms with Gasteiger partial charge in [0, 0.05) is 29.1 Å². The van der Waals surface area contributed by atoms with Gasteiger partial charge in [-0.1, -0.05) is 24.3 Å². The highest BCUT2D eigenvalue weighted by Gasteiger charge is 2.61. The summed E-state index contributed by atoms with van der Waals surface area (Å²) in [6.07, 6.45) is -0.865. The lowest BCUT2D eigenvalue weighted by Crippen LogP contribution is -2.41. The minimum Gasteiger partial charge on any atom is -0.465 e. The van der Waals surface area contributed by atoms with E-state index in [1.807, 2.05) is 0 Å². The standard InChI is InChI=1S/C20H13F3N2O3/c1-28-18(26)11-6-14(12-8-24-10-25-9-12)17-13-4-2-3-5-15(13)19(27,16(17)7-11)20(21,22)23/h2-10,27H,1H3. The molecule has 0 bridgehead atoms. The Labute approximate surface area is 157 Å². The summed E-state index contributed by atoms with van der Waals surface area (Å²) >= 11 is 0. The van der Waals surface area contributed by atoms with Crippen LogP contribution in [0.2, 0.25) is 0 Å². The van der Waals surface area contributed by atoms with Crippen LogP contribution in [-0.4, -0.2) is 34.3 Å². The number of hydrogen-bond acceptors (Lipinski definition) is 5. The molecule has 8 heteroatoms. The lowest BCUT2D eigenvalue weighted by Gasteiger charge is -2.28. The maximum Gasteiger partial charge on any atom is 0.425 e. The molecule has 0 saturated heterocycles. The second-order valence-electron chi connectivity index (χ2n) is 6.32. The topological polar surface area (TPSA) is 72.3 Å². The molecule has 0 radical (unpaired) electrons. The van der Waals surface area contributed by atoms with Gasteiger partial charge in [-0.15, -0.1) is 0 Å². The van der Waals surface area contributed by atoms with Crippen LogP contribution in [-0.2, 0) is 10.3 Å². The van der Waals surface area contributed by atoms with Gasteiger partial charge < -0.3 is 9.84 Å². The number of aromatic nitrogens is 2. The highest BCUT2D eigenvalue weighted by Crippen LogP contribution is 2.57. The highest BCUT2D eigenvalue weighted by molar-refractivity contribution is 5.98. The molecule has 3 aromatic rings. The predicted molar refractivity (Wildman–Crippen MR) is 93.3 cm³/mol. The Hall–Kier alpha value is -3.26. The largest absolute Gasteiger partial charge is 0.465 e. The van der Waals surface area contributed by atoms with Crippen molar-refractivity contribution in [1.82, 2.24) is 9.97 Å². The van der Waals surface area contributed by atoms with E-state index in [9.17, 15) is 23.1 Å². The predicted octanol–water partition coefficient (Wildman–Crippen LogP) is 3.71. The number of halogens is 3. The van der Waals surface area contributed by atoms with Crippen molar-refractivity contribution in [3.05, 3.63) is 71.8 Å². The summed E-state index contributed by atoms with van der Waals surface area (Å²) in [5.41, 5.74) is -2.98. The zero-order valence-corrected chi connectivity index (χ0v) is 14.5. The van der Waals surface area contributed by atoms with E-state index in [1.54, 1.807) is 6.07 Å². The van der Waals surface area contributed by atoms with Gasteiger partial charge in [0.25, 0.3) is 0 Å². The molecule has 0 spiro atoms. The Morgan fingerprint density at radius 2 is 1.75 bits per heavy atom. The molecule has 0 fully saturated rings. The van der Waals surface area contributed by atoms with Gasteiger partial charge >= 0.3 is 12.1 Å². The monoisotopic (exact) mass is 386 g/mol. The van der Waals surface area contributed by atoms with Crippen molar-refractivity contribution in [1.29, 1.82) is 0 Å². The van der Waals surface area contributed by atoms with Crippen molar-refractivity contribution in [2.75, 3.05) is 7.11 Å². The van der Waals surface area contributed by atoms with Gasteiger partial charge in [0.2, 0.25) is 5.60 Å². The number of carbonyl (C=O) groups is 1. The number of fused-ring (bicyclic) bond motifs is 3. The SMILES string of the molecule is COC(=O)c1cc(-c2cncnc2)c2c(c1)C(O)(C(F)(F)F)c1ccccc1-2. The molecule has 5 nitrogen and oxygen atoms in total. The number of alkyl halides is 3. The summed E-state index contributed by atoms with van der Waals surface area (Å²) in [7, 11) is 1.13. The molecule has 28 heavy (non-hydrogen) atoms. The number of rotatable bonds is 2. The number of nitrogens with zero attached hydrogens (tertiary/aromatic N) is 2. The van der Waals surface area contributed by atoms with Crippen molar-refractivity contribution in [2.45, 2.75) is 11.8 Å². The minimum atomic E-state index is -5.01. The summed E-state index contributed by atoms with van der Waals surface area (Å²) in [5, 5.41) is 10.9. The van der Waals surface area contributed by atoms with E-state index in [2.05, 4.69) is 14.7 Å².